The fourth-order valence-electron chi connectivity index (χ4n) is 2.20. The van der Waals surface area contributed by atoms with Gasteiger partial charge in [0.2, 0.25) is 11.8 Å². The first-order valence-electron chi connectivity index (χ1n) is 7.50. The lowest BCUT2D eigenvalue weighted by Gasteiger charge is -2.02. The van der Waals surface area contributed by atoms with Crippen molar-refractivity contribution in [2.45, 2.75) is 11.5 Å². The Kier molecular flexibility index (Phi) is 5.31. The van der Waals surface area contributed by atoms with Crippen LogP contribution in [0.5, 0.6) is 0 Å². The summed E-state index contributed by atoms with van der Waals surface area (Å²) in [6.07, 6.45) is 3.47. The molecule has 0 unspecified atom stereocenters. The smallest absolute Gasteiger partial charge is 0.240 e. The van der Waals surface area contributed by atoms with Gasteiger partial charge in [-0.2, -0.15) is 0 Å². The quantitative estimate of drug-likeness (QED) is 0.651. The van der Waals surface area contributed by atoms with Crippen molar-refractivity contribution >= 4 is 33.6 Å². The van der Waals surface area contributed by atoms with Gasteiger partial charge in [0.25, 0.3) is 0 Å². The van der Waals surface area contributed by atoms with Gasteiger partial charge in [-0.15, -0.1) is 10.2 Å². The van der Waals surface area contributed by atoms with E-state index in [4.69, 9.17) is 16.0 Å². The first-order chi connectivity index (χ1) is 12.0. The van der Waals surface area contributed by atoms with Gasteiger partial charge in [-0.1, -0.05) is 54.1 Å². The minimum absolute atomic E-state index is 0.0710. The highest BCUT2D eigenvalue weighted by Crippen LogP contribution is 2.15. The second-order valence-electron chi connectivity index (χ2n) is 5.44. The SMILES string of the molecule is O=S(=O)(Cc1ccc(Cl)cc1)Cc1nnc(/C=C/c2ccccc2)o1. The number of hydrogen-bond acceptors (Lipinski definition) is 5. The summed E-state index contributed by atoms with van der Waals surface area (Å²) in [7, 11) is -3.42. The number of halogens is 1. The van der Waals surface area contributed by atoms with Crippen molar-refractivity contribution in [2.75, 3.05) is 0 Å². The number of nitrogens with zero attached hydrogens (tertiary/aromatic N) is 2. The van der Waals surface area contributed by atoms with Gasteiger partial charge in [-0.05, 0) is 29.3 Å². The van der Waals surface area contributed by atoms with E-state index < -0.39 is 9.84 Å². The molecule has 0 bridgehead atoms. The van der Waals surface area contributed by atoms with Crippen molar-refractivity contribution in [1.82, 2.24) is 10.2 Å². The van der Waals surface area contributed by atoms with Gasteiger partial charge in [0.05, 0.1) is 5.75 Å². The fourth-order valence-corrected chi connectivity index (χ4v) is 3.62. The average molecular weight is 375 g/mol. The highest BCUT2D eigenvalue weighted by Gasteiger charge is 2.17. The third-order valence-corrected chi connectivity index (χ3v) is 5.06. The molecule has 0 saturated heterocycles. The average Bonchev–Trinajstić information content (AvgIpc) is 3.02. The van der Waals surface area contributed by atoms with Crippen LogP contribution in [0.1, 0.15) is 22.9 Å². The Hall–Kier alpha value is -2.44. The van der Waals surface area contributed by atoms with Crippen LogP contribution in [0.25, 0.3) is 12.2 Å². The Morgan fingerprint density at radius 2 is 1.64 bits per heavy atom. The molecular formula is C18H15ClN2O3S. The Labute approximate surface area is 150 Å². The number of sulfone groups is 1. The van der Waals surface area contributed by atoms with Gasteiger partial charge >= 0.3 is 0 Å². The first kappa shape index (κ1) is 17.4. The molecule has 3 aromatic rings. The molecule has 2 aromatic carbocycles. The summed E-state index contributed by atoms with van der Waals surface area (Å²) in [5, 5.41) is 8.21. The van der Waals surface area contributed by atoms with Crippen molar-refractivity contribution < 1.29 is 12.8 Å². The second kappa shape index (κ2) is 7.63. The molecule has 0 aliphatic heterocycles. The third kappa shape index (κ3) is 5.27. The summed E-state index contributed by atoms with van der Waals surface area (Å²) >= 11 is 5.80. The zero-order chi connectivity index (χ0) is 17.7. The topological polar surface area (TPSA) is 73.1 Å². The van der Waals surface area contributed by atoms with E-state index in [2.05, 4.69) is 10.2 Å². The summed E-state index contributed by atoms with van der Waals surface area (Å²) in [6.45, 7) is 0. The van der Waals surface area contributed by atoms with E-state index in [-0.39, 0.29) is 23.3 Å². The van der Waals surface area contributed by atoms with E-state index >= 15 is 0 Å². The van der Waals surface area contributed by atoms with E-state index in [0.717, 1.165) is 5.56 Å². The molecule has 0 radical (unpaired) electrons. The monoisotopic (exact) mass is 374 g/mol. The van der Waals surface area contributed by atoms with E-state index in [9.17, 15) is 8.42 Å². The van der Waals surface area contributed by atoms with Gasteiger partial charge in [0.15, 0.2) is 9.84 Å². The molecule has 0 saturated carbocycles. The van der Waals surface area contributed by atoms with E-state index in [0.29, 0.717) is 10.6 Å². The lowest BCUT2D eigenvalue weighted by Crippen LogP contribution is -2.07. The molecule has 7 heteroatoms. The van der Waals surface area contributed by atoms with Crippen LogP contribution in [0.4, 0.5) is 0 Å². The van der Waals surface area contributed by atoms with Crippen LogP contribution in [0.2, 0.25) is 5.02 Å². The highest BCUT2D eigenvalue weighted by molar-refractivity contribution is 7.89. The highest BCUT2D eigenvalue weighted by atomic mass is 35.5. The van der Waals surface area contributed by atoms with Crippen LogP contribution in [-0.2, 0) is 21.3 Å². The normalized spacial score (nSPS) is 11.9. The van der Waals surface area contributed by atoms with Crippen LogP contribution in [0, 0.1) is 0 Å². The maximum atomic E-state index is 12.3. The van der Waals surface area contributed by atoms with Crippen molar-refractivity contribution in [2.24, 2.45) is 0 Å². The molecule has 1 heterocycles. The molecule has 1 aromatic heterocycles. The molecule has 25 heavy (non-hydrogen) atoms. The number of aromatic nitrogens is 2. The molecule has 0 N–H and O–H groups in total. The summed E-state index contributed by atoms with van der Waals surface area (Å²) in [4.78, 5) is 0. The minimum atomic E-state index is -3.42. The molecule has 0 aliphatic rings. The van der Waals surface area contributed by atoms with Crippen LogP contribution < -0.4 is 0 Å². The van der Waals surface area contributed by atoms with E-state index in [1.54, 1.807) is 30.3 Å². The van der Waals surface area contributed by atoms with Crippen molar-refractivity contribution in [3.8, 4) is 0 Å². The number of hydrogen-bond donors (Lipinski definition) is 0. The van der Waals surface area contributed by atoms with Crippen LogP contribution >= 0.6 is 11.6 Å². The summed E-state index contributed by atoms with van der Waals surface area (Å²) in [5.41, 5.74) is 1.64. The maximum absolute atomic E-state index is 12.3. The lowest BCUT2D eigenvalue weighted by molar-refractivity contribution is 0.498. The molecule has 128 valence electrons. The number of rotatable bonds is 6. The second-order valence-corrected chi connectivity index (χ2v) is 7.94. The predicted molar refractivity (Wildman–Crippen MR) is 97.4 cm³/mol. The predicted octanol–water partition coefficient (Wildman–Crippen LogP) is 4.01. The Balaban J connectivity index is 1.66. The Morgan fingerprint density at radius 3 is 2.36 bits per heavy atom. The van der Waals surface area contributed by atoms with Gasteiger partial charge in [-0.25, -0.2) is 8.42 Å². The molecule has 3 rings (SSSR count). The lowest BCUT2D eigenvalue weighted by atomic mass is 10.2. The molecular weight excluding hydrogens is 360 g/mol. The van der Waals surface area contributed by atoms with Crippen LogP contribution in [-0.4, -0.2) is 18.6 Å². The van der Waals surface area contributed by atoms with Gasteiger partial charge in [0.1, 0.15) is 5.75 Å². The van der Waals surface area contributed by atoms with Gasteiger partial charge in [0, 0.05) is 11.1 Å². The van der Waals surface area contributed by atoms with Crippen LogP contribution in [0.15, 0.2) is 59.0 Å². The number of benzene rings is 2. The first-order valence-corrected chi connectivity index (χ1v) is 9.70. The molecule has 0 atom stereocenters. The Bertz CT molecular complexity index is 965. The van der Waals surface area contributed by atoms with Crippen molar-refractivity contribution in [1.29, 1.82) is 0 Å². The van der Waals surface area contributed by atoms with Gasteiger partial charge < -0.3 is 4.42 Å². The summed E-state index contributed by atoms with van der Waals surface area (Å²) in [5.74, 6) is -0.0778. The Morgan fingerprint density at radius 1 is 0.920 bits per heavy atom. The van der Waals surface area contributed by atoms with Crippen molar-refractivity contribution in [3.63, 3.8) is 0 Å². The molecule has 5 nitrogen and oxygen atoms in total. The van der Waals surface area contributed by atoms with Crippen molar-refractivity contribution in [3.05, 3.63) is 82.5 Å². The summed E-state index contributed by atoms with van der Waals surface area (Å²) in [6, 6.07) is 16.3. The zero-order valence-corrected chi connectivity index (χ0v) is 14.7. The summed E-state index contributed by atoms with van der Waals surface area (Å²) < 4.78 is 29.9. The van der Waals surface area contributed by atoms with E-state index in [1.165, 1.54) is 0 Å². The van der Waals surface area contributed by atoms with E-state index in [1.807, 2.05) is 36.4 Å². The molecule has 0 spiro atoms. The maximum Gasteiger partial charge on any atom is 0.240 e. The molecule has 0 amide bonds. The minimum Gasteiger partial charge on any atom is -0.420 e. The van der Waals surface area contributed by atoms with Gasteiger partial charge in [-0.3, -0.25) is 0 Å². The molecule has 0 fully saturated rings. The third-order valence-electron chi connectivity index (χ3n) is 3.34. The molecule has 0 aliphatic carbocycles. The van der Waals surface area contributed by atoms with Crippen LogP contribution in [0.3, 0.4) is 0 Å². The fraction of sp³-hybridized carbons (Fsp3) is 0.111. The standard InChI is InChI=1S/C18H15ClN2O3S/c19-16-9-6-15(7-10-16)12-25(22,23)13-18-21-20-17(24-18)11-8-14-4-2-1-3-5-14/h1-11H,12-13H2/b11-8+. The zero-order valence-electron chi connectivity index (χ0n) is 13.2. The largest absolute Gasteiger partial charge is 0.420 e.